The van der Waals surface area contributed by atoms with Crippen molar-refractivity contribution < 1.29 is 14.0 Å². The van der Waals surface area contributed by atoms with E-state index in [0.29, 0.717) is 18.5 Å². The first-order chi connectivity index (χ1) is 7.33. The number of hydrogen-bond donors (Lipinski definition) is 1. The van der Waals surface area contributed by atoms with Crippen LogP contribution >= 0.6 is 0 Å². The Balaban J connectivity index is 2.09. The van der Waals surface area contributed by atoms with Gasteiger partial charge in [-0.3, -0.25) is 9.59 Å². The van der Waals surface area contributed by atoms with Gasteiger partial charge in [0.15, 0.2) is 0 Å². The van der Waals surface area contributed by atoms with E-state index < -0.39 is 0 Å². The predicted octanol–water partition coefficient (Wildman–Crippen LogP) is 0.588. The molecule has 1 aliphatic heterocycles. The molecule has 0 saturated carbocycles. The fraction of sp³-hybridized carbons (Fsp3) is 0.400. The third kappa shape index (κ3) is 1.86. The quantitative estimate of drug-likeness (QED) is 0.739. The molecule has 1 unspecified atom stereocenters. The molecule has 0 spiro atoms. The minimum Gasteiger partial charge on any atom is -0.472 e. The summed E-state index contributed by atoms with van der Waals surface area (Å²) in [6, 6.07) is 1.62. The Morgan fingerprint density at radius 3 is 3.20 bits per heavy atom. The summed E-state index contributed by atoms with van der Waals surface area (Å²) in [6.07, 6.45) is 5.05. The van der Waals surface area contributed by atoms with Crippen molar-refractivity contribution in [1.82, 2.24) is 10.2 Å². The van der Waals surface area contributed by atoms with Crippen LogP contribution in [-0.4, -0.2) is 29.9 Å². The van der Waals surface area contributed by atoms with E-state index in [-0.39, 0.29) is 12.1 Å². The van der Waals surface area contributed by atoms with E-state index in [2.05, 4.69) is 5.32 Å². The highest BCUT2D eigenvalue weighted by Gasteiger charge is 2.29. The van der Waals surface area contributed by atoms with Crippen molar-refractivity contribution in [2.75, 3.05) is 6.54 Å². The molecule has 1 atom stereocenters. The number of nitrogens with zero attached hydrogens (tertiary/aromatic N) is 1. The molecular weight excluding hydrogens is 196 g/mol. The van der Waals surface area contributed by atoms with Gasteiger partial charge in [-0.15, -0.1) is 0 Å². The fourth-order valence-electron chi connectivity index (χ4n) is 1.81. The maximum atomic E-state index is 11.9. The summed E-state index contributed by atoms with van der Waals surface area (Å²) in [4.78, 5) is 23.9. The molecule has 1 aromatic heterocycles. The molecule has 15 heavy (non-hydrogen) atoms. The van der Waals surface area contributed by atoms with Gasteiger partial charge in [-0.2, -0.15) is 0 Å². The van der Waals surface area contributed by atoms with Crippen LogP contribution < -0.4 is 5.32 Å². The minimum atomic E-state index is -0.176. The molecule has 0 aromatic carbocycles. The maximum absolute atomic E-state index is 11.9. The average Bonchev–Trinajstić information content (AvgIpc) is 2.87. The van der Waals surface area contributed by atoms with Crippen LogP contribution in [0.1, 0.15) is 23.2 Å². The first-order valence-electron chi connectivity index (χ1n) is 4.86. The molecule has 1 saturated heterocycles. The number of furan rings is 1. The summed E-state index contributed by atoms with van der Waals surface area (Å²) in [5.41, 5.74) is 0.523. The number of likely N-dealkylation sites (tertiary alicyclic amines) is 1. The number of carbonyl (C=O) groups excluding carboxylic acids is 2. The molecular formula is C10H12N2O3. The molecule has 1 fully saturated rings. The van der Waals surface area contributed by atoms with Crippen LogP contribution in [0.15, 0.2) is 23.0 Å². The number of carbonyl (C=O) groups is 2. The van der Waals surface area contributed by atoms with Crippen LogP contribution in [0.25, 0.3) is 0 Å². The van der Waals surface area contributed by atoms with Crippen LogP contribution in [0.2, 0.25) is 0 Å². The standard InChI is InChI=1S/C10H12N2O3/c13-7-11-9-2-1-4-12(9)10(14)8-3-5-15-6-8/h3,5-7,9H,1-2,4H2,(H,11,13). The topological polar surface area (TPSA) is 62.6 Å². The number of rotatable bonds is 3. The fourth-order valence-corrected chi connectivity index (χ4v) is 1.81. The Bertz CT molecular complexity index is 348. The third-order valence-corrected chi connectivity index (χ3v) is 2.54. The van der Waals surface area contributed by atoms with E-state index in [1.54, 1.807) is 11.0 Å². The van der Waals surface area contributed by atoms with Crippen molar-refractivity contribution in [2.45, 2.75) is 19.0 Å². The SMILES string of the molecule is O=CNC1CCCN1C(=O)c1ccoc1. The van der Waals surface area contributed by atoms with Gasteiger partial charge in [0.05, 0.1) is 11.8 Å². The summed E-state index contributed by atoms with van der Waals surface area (Å²) in [7, 11) is 0. The van der Waals surface area contributed by atoms with Gasteiger partial charge in [-0.05, 0) is 18.9 Å². The number of nitrogens with one attached hydrogen (secondary N) is 1. The predicted molar refractivity (Wildman–Crippen MR) is 52.0 cm³/mol. The van der Waals surface area contributed by atoms with Crippen LogP contribution in [0.3, 0.4) is 0 Å². The molecule has 2 amide bonds. The lowest BCUT2D eigenvalue weighted by Crippen LogP contribution is -2.43. The van der Waals surface area contributed by atoms with Crippen LogP contribution in [0.5, 0.6) is 0 Å². The minimum absolute atomic E-state index is 0.0967. The van der Waals surface area contributed by atoms with Gasteiger partial charge in [0.1, 0.15) is 12.4 Å². The van der Waals surface area contributed by atoms with Crippen molar-refractivity contribution in [3.05, 3.63) is 24.2 Å². The highest BCUT2D eigenvalue weighted by atomic mass is 16.3. The summed E-state index contributed by atoms with van der Waals surface area (Å²) in [6.45, 7) is 0.676. The van der Waals surface area contributed by atoms with E-state index in [4.69, 9.17) is 4.42 Å². The Morgan fingerprint density at radius 2 is 2.53 bits per heavy atom. The first-order valence-corrected chi connectivity index (χ1v) is 4.86. The molecule has 2 rings (SSSR count). The molecule has 0 bridgehead atoms. The van der Waals surface area contributed by atoms with E-state index in [0.717, 1.165) is 12.8 Å². The molecule has 1 aromatic rings. The Hall–Kier alpha value is -1.78. The second-order valence-corrected chi connectivity index (χ2v) is 3.45. The lowest BCUT2D eigenvalue weighted by atomic mass is 10.3. The van der Waals surface area contributed by atoms with Gasteiger partial charge >= 0.3 is 0 Å². The molecule has 1 N–H and O–H groups in total. The molecule has 5 heteroatoms. The largest absolute Gasteiger partial charge is 0.472 e. The zero-order valence-corrected chi connectivity index (χ0v) is 8.18. The Kier molecular flexibility index (Phi) is 2.71. The second kappa shape index (κ2) is 4.16. The second-order valence-electron chi connectivity index (χ2n) is 3.45. The summed E-state index contributed by atoms with van der Waals surface area (Å²) in [5, 5.41) is 2.63. The Morgan fingerprint density at radius 1 is 1.67 bits per heavy atom. The third-order valence-electron chi connectivity index (χ3n) is 2.54. The molecule has 2 heterocycles. The van der Waals surface area contributed by atoms with Crippen LogP contribution in [0.4, 0.5) is 0 Å². The zero-order chi connectivity index (χ0) is 10.7. The first kappa shape index (κ1) is 9.76. The monoisotopic (exact) mass is 208 g/mol. The van der Waals surface area contributed by atoms with Crippen LogP contribution in [-0.2, 0) is 4.79 Å². The maximum Gasteiger partial charge on any atom is 0.258 e. The molecule has 0 radical (unpaired) electrons. The van der Waals surface area contributed by atoms with Crippen molar-refractivity contribution in [3.63, 3.8) is 0 Å². The van der Waals surface area contributed by atoms with Crippen molar-refractivity contribution in [2.24, 2.45) is 0 Å². The highest BCUT2D eigenvalue weighted by Crippen LogP contribution is 2.17. The molecule has 0 aliphatic carbocycles. The van der Waals surface area contributed by atoms with Gasteiger partial charge < -0.3 is 14.6 Å². The lowest BCUT2D eigenvalue weighted by molar-refractivity contribution is -0.110. The van der Waals surface area contributed by atoms with E-state index in [1.807, 2.05) is 0 Å². The summed E-state index contributed by atoms with van der Waals surface area (Å²) in [5.74, 6) is -0.0967. The molecule has 5 nitrogen and oxygen atoms in total. The smallest absolute Gasteiger partial charge is 0.258 e. The van der Waals surface area contributed by atoms with E-state index in [9.17, 15) is 9.59 Å². The van der Waals surface area contributed by atoms with E-state index in [1.165, 1.54) is 12.5 Å². The number of hydrogen-bond acceptors (Lipinski definition) is 3. The molecule has 1 aliphatic rings. The van der Waals surface area contributed by atoms with Crippen molar-refractivity contribution in [1.29, 1.82) is 0 Å². The van der Waals surface area contributed by atoms with Gasteiger partial charge in [0.2, 0.25) is 6.41 Å². The van der Waals surface area contributed by atoms with Gasteiger partial charge in [0, 0.05) is 6.54 Å². The number of amides is 2. The van der Waals surface area contributed by atoms with Gasteiger partial charge in [-0.25, -0.2) is 0 Å². The molecule has 80 valence electrons. The highest BCUT2D eigenvalue weighted by molar-refractivity contribution is 5.94. The van der Waals surface area contributed by atoms with Gasteiger partial charge in [-0.1, -0.05) is 0 Å². The average molecular weight is 208 g/mol. The summed E-state index contributed by atoms with van der Waals surface area (Å²) < 4.78 is 4.85. The van der Waals surface area contributed by atoms with E-state index >= 15 is 0 Å². The van der Waals surface area contributed by atoms with Crippen molar-refractivity contribution >= 4 is 12.3 Å². The Labute approximate surface area is 87.0 Å². The normalized spacial score (nSPS) is 20.3. The lowest BCUT2D eigenvalue weighted by Gasteiger charge is -2.23. The zero-order valence-electron chi connectivity index (χ0n) is 8.18. The van der Waals surface area contributed by atoms with Crippen molar-refractivity contribution in [3.8, 4) is 0 Å². The summed E-state index contributed by atoms with van der Waals surface area (Å²) >= 11 is 0. The van der Waals surface area contributed by atoms with Crippen LogP contribution in [0, 0.1) is 0 Å². The van der Waals surface area contributed by atoms with Gasteiger partial charge in [0.25, 0.3) is 5.91 Å².